The van der Waals surface area contributed by atoms with Crippen LogP contribution in [-0.2, 0) is 4.74 Å². The molecule has 7 nitrogen and oxygen atoms in total. The molecule has 0 unspecified atom stereocenters. The summed E-state index contributed by atoms with van der Waals surface area (Å²) in [6.45, 7) is 7.94. The Morgan fingerprint density at radius 1 is 1.21 bits per heavy atom. The predicted octanol–water partition coefficient (Wildman–Crippen LogP) is 1.47. The molecular formula is C12H23N5O2. The Morgan fingerprint density at radius 3 is 2.68 bits per heavy atom. The van der Waals surface area contributed by atoms with E-state index in [1.807, 2.05) is 20.8 Å². The largest absolute Gasteiger partial charge is 0.464 e. The van der Waals surface area contributed by atoms with Gasteiger partial charge in [-0.25, -0.2) is 0 Å². The van der Waals surface area contributed by atoms with Crippen molar-refractivity contribution in [3.05, 3.63) is 0 Å². The highest BCUT2D eigenvalue weighted by molar-refractivity contribution is 5.32. The van der Waals surface area contributed by atoms with Crippen molar-refractivity contribution < 1.29 is 9.47 Å². The summed E-state index contributed by atoms with van der Waals surface area (Å²) < 4.78 is 10.7. The fraction of sp³-hybridized carbons (Fsp3) is 0.750. The topological polar surface area (TPSA) is 95.2 Å². The SMILES string of the molecule is CCOc1nc(N)nc(NCCCCOC(C)C)n1. The van der Waals surface area contributed by atoms with Gasteiger partial charge in [-0.05, 0) is 33.6 Å². The lowest BCUT2D eigenvalue weighted by Crippen LogP contribution is -2.11. The van der Waals surface area contributed by atoms with E-state index in [9.17, 15) is 0 Å². The Kier molecular flexibility index (Phi) is 6.88. The molecule has 0 amide bonds. The zero-order valence-electron chi connectivity index (χ0n) is 11.8. The van der Waals surface area contributed by atoms with E-state index in [1.54, 1.807) is 0 Å². The summed E-state index contributed by atoms with van der Waals surface area (Å²) in [4.78, 5) is 12.0. The van der Waals surface area contributed by atoms with Crippen LogP contribution in [0.2, 0.25) is 0 Å². The van der Waals surface area contributed by atoms with Gasteiger partial charge in [-0.2, -0.15) is 15.0 Å². The number of rotatable bonds is 9. The molecule has 0 fully saturated rings. The minimum Gasteiger partial charge on any atom is -0.464 e. The van der Waals surface area contributed by atoms with E-state index in [-0.39, 0.29) is 18.1 Å². The molecule has 3 N–H and O–H groups in total. The maximum Gasteiger partial charge on any atom is 0.323 e. The quantitative estimate of drug-likeness (QED) is 0.655. The lowest BCUT2D eigenvalue weighted by Gasteiger charge is -2.08. The molecule has 0 atom stereocenters. The molecule has 0 aliphatic heterocycles. The van der Waals surface area contributed by atoms with Crippen LogP contribution < -0.4 is 15.8 Å². The summed E-state index contributed by atoms with van der Waals surface area (Å²) in [5, 5.41) is 3.09. The lowest BCUT2D eigenvalue weighted by atomic mass is 10.3. The summed E-state index contributed by atoms with van der Waals surface area (Å²) in [5.41, 5.74) is 5.57. The first kappa shape index (κ1) is 15.4. The number of ether oxygens (including phenoxy) is 2. The van der Waals surface area contributed by atoms with Crippen LogP contribution in [0, 0.1) is 0 Å². The lowest BCUT2D eigenvalue weighted by molar-refractivity contribution is 0.0765. The van der Waals surface area contributed by atoms with Crippen LogP contribution in [0.3, 0.4) is 0 Å². The third-order valence-corrected chi connectivity index (χ3v) is 2.21. The van der Waals surface area contributed by atoms with Crippen molar-refractivity contribution in [1.82, 2.24) is 15.0 Å². The van der Waals surface area contributed by atoms with Gasteiger partial charge in [0, 0.05) is 13.2 Å². The normalized spacial score (nSPS) is 10.7. The van der Waals surface area contributed by atoms with E-state index < -0.39 is 0 Å². The van der Waals surface area contributed by atoms with Gasteiger partial charge in [-0.1, -0.05) is 0 Å². The molecule has 7 heteroatoms. The third-order valence-electron chi connectivity index (χ3n) is 2.21. The molecule has 0 bridgehead atoms. The van der Waals surface area contributed by atoms with Crippen molar-refractivity contribution >= 4 is 11.9 Å². The first-order chi connectivity index (χ1) is 9.11. The number of nitrogen functional groups attached to an aromatic ring is 1. The van der Waals surface area contributed by atoms with Crippen molar-refractivity contribution in [2.45, 2.75) is 39.7 Å². The van der Waals surface area contributed by atoms with Crippen LogP contribution in [0.4, 0.5) is 11.9 Å². The molecule has 0 aliphatic rings. The Balaban J connectivity index is 2.28. The van der Waals surface area contributed by atoms with Gasteiger partial charge in [0.25, 0.3) is 0 Å². The Bertz CT molecular complexity index is 373. The number of nitrogens with two attached hydrogens (primary N) is 1. The van der Waals surface area contributed by atoms with Crippen LogP contribution in [0.15, 0.2) is 0 Å². The van der Waals surface area contributed by atoms with Gasteiger partial charge in [0.15, 0.2) is 0 Å². The van der Waals surface area contributed by atoms with Crippen LogP contribution in [0.1, 0.15) is 33.6 Å². The van der Waals surface area contributed by atoms with Gasteiger partial charge in [0.05, 0.1) is 12.7 Å². The van der Waals surface area contributed by atoms with Crippen molar-refractivity contribution in [2.75, 3.05) is 30.8 Å². The van der Waals surface area contributed by atoms with Gasteiger partial charge in [-0.3, -0.25) is 0 Å². The van der Waals surface area contributed by atoms with E-state index in [0.717, 1.165) is 26.0 Å². The fourth-order valence-corrected chi connectivity index (χ4v) is 1.39. The minimum absolute atomic E-state index is 0.157. The molecule has 0 spiro atoms. The number of unbranched alkanes of at least 4 members (excludes halogenated alkanes) is 1. The summed E-state index contributed by atoms with van der Waals surface area (Å²) in [5.74, 6) is 0.602. The van der Waals surface area contributed by atoms with Gasteiger partial charge in [0.1, 0.15) is 0 Å². The zero-order chi connectivity index (χ0) is 14.1. The minimum atomic E-state index is 0.157. The number of aromatic nitrogens is 3. The number of hydrogen-bond donors (Lipinski definition) is 2. The molecule has 0 saturated carbocycles. The Labute approximate surface area is 113 Å². The van der Waals surface area contributed by atoms with Crippen molar-refractivity contribution in [3.63, 3.8) is 0 Å². The number of hydrogen-bond acceptors (Lipinski definition) is 7. The highest BCUT2D eigenvalue weighted by Crippen LogP contribution is 2.08. The summed E-state index contributed by atoms with van der Waals surface area (Å²) >= 11 is 0. The molecular weight excluding hydrogens is 246 g/mol. The van der Waals surface area contributed by atoms with E-state index in [1.165, 1.54) is 0 Å². The van der Waals surface area contributed by atoms with E-state index in [2.05, 4.69) is 20.3 Å². The number of nitrogens with zero attached hydrogens (tertiary/aromatic N) is 3. The first-order valence-electron chi connectivity index (χ1n) is 6.61. The molecule has 0 radical (unpaired) electrons. The van der Waals surface area contributed by atoms with E-state index in [0.29, 0.717) is 12.6 Å². The van der Waals surface area contributed by atoms with Crippen molar-refractivity contribution in [2.24, 2.45) is 0 Å². The summed E-state index contributed by atoms with van der Waals surface area (Å²) in [7, 11) is 0. The van der Waals surface area contributed by atoms with Gasteiger partial charge in [-0.15, -0.1) is 0 Å². The predicted molar refractivity (Wildman–Crippen MR) is 74.2 cm³/mol. The highest BCUT2D eigenvalue weighted by atomic mass is 16.5. The van der Waals surface area contributed by atoms with Gasteiger partial charge >= 0.3 is 6.01 Å². The average molecular weight is 269 g/mol. The van der Waals surface area contributed by atoms with Crippen molar-refractivity contribution in [3.8, 4) is 6.01 Å². The standard InChI is InChI=1S/C12H23N5O2/c1-4-18-12-16-10(13)15-11(17-12)14-7-5-6-8-19-9(2)3/h9H,4-8H2,1-3H3,(H3,13,14,15,16,17). The Morgan fingerprint density at radius 2 is 2.00 bits per heavy atom. The van der Waals surface area contributed by atoms with Crippen LogP contribution in [0.25, 0.3) is 0 Å². The molecule has 19 heavy (non-hydrogen) atoms. The maximum absolute atomic E-state index is 5.57. The smallest absolute Gasteiger partial charge is 0.323 e. The second kappa shape index (κ2) is 8.47. The molecule has 0 aliphatic carbocycles. The second-order valence-electron chi connectivity index (χ2n) is 4.29. The van der Waals surface area contributed by atoms with Gasteiger partial charge < -0.3 is 20.5 Å². The van der Waals surface area contributed by atoms with Crippen LogP contribution in [0.5, 0.6) is 6.01 Å². The average Bonchev–Trinajstić information content (AvgIpc) is 2.33. The van der Waals surface area contributed by atoms with Gasteiger partial charge in [0.2, 0.25) is 11.9 Å². The zero-order valence-corrected chi connectivity index (χ0v) is 11.8. The maximum atomic E-state index is 5.57. The molecule has 108 valence electrons. The molecule has 1 rings (SSSR count). The third kappa shape index (κ3) is 6.76. The number of anilines is 2. The fourth-order valence-electron chi connectivity index (χ4n) is 1.39. The number of nitrogens with one attached hydrogen (secondary N) is 1. The van der Waals surface area contributed by atoms with Crippen LogP contribution >= 0.6 is 0 Å². The molecule has 1 heterocycles. The second-order valence-corrected chi connectivity index (χ2v) is 4.29. The molecule has 0 aromatic carbocycles. The van der Waals surface area contributed by atoms with Crippen molar-refractivity contribution in [1.29, 1.82) is 0 Å². The summed E-state index contributed by atoms with van der Waals surface area (Å²) in [6, 6.07) is 0.251. The Hall–Kier alpha value is -1.63. The van der Waals surface area contributed by atoms with E-state index >= 15 is 0 Å². The highest BCUT2D eigenvalue weighted by Gasteiger charge is 2.04. The molecule has 0 saturated heterocycles. The first-order valence-corrected chi connectivity index (χ1v) is 6.61. The monoisotopic (exact) mass is 269 g/mol. The molecule has 1 aromatic rings. The summed E-state index contributed by atoms with van der Waals surface area (Å²) in [6.07, 6.45) is 2.25. The van der Waals surface area contributed by atoms with E-state index in [4.69, 9.17) is 15.2 Å². The molecule has 1 aromatic heterocycles. The van der Waals surface area contributed by atoms with Crippen LogP contribution in [-0.4, -0.2) is 40.8 Å².